The van der Waals surface area contributed by atoms with E-state index in [0.29, 0.717) is 0 Å². The van der Waals surface area contributed by atoms with Gasteiger partial charge in [-0.2, -0.15) is 0 Å². The lowest BCUT2D eigenvalue weighted by Gasteiger charge is -2.17. The summed E-state index contributed by atoms with van der Waals surface area (Å²) in [6, 6.07) is -0.694. The first kappa shape index (κ1) is 12.4. The van der Waals surface area contributed by atoms with Crippen molar-refractivity contribution in [3.05, 3.63) is 0 Å². The number of nitrogens with one attached hydrogen (secondary N) is 1. The van der Waals surface area contributed by atoms with Crippen LogP contribution in [0.15, 0.2) is 0 Å². The maximum absolute atomic E-state index is 11.2. The summed E-state index contributed by atoms with van der Waals surface area (Å²) in [5.41, 5.74) is 0. The van der Waals surface area contributed by atoms with Gasteiger partial charge < -0.3 is 4.90 Å². The first-order chi connectivity index (χ1) is 5.80. The van der Waals surface area contributed by atoms with Gasteiger partial charge in [0.2, 0.25) is 15.9 Å². The van der Waals surface area contributed by atoms with E-state index in [-0.39, 0.29) is 11.7 Å². The summed E-state index contributed by atoms with van der Waals surface area (Å²) in [7, 11) is -0.130. The van der Waals surface area contributed by atoms with Crippen LogP contribution in [0.25, 0.3) is 0 Å². The fourth-order valence-electron chi connectivity index (χ4n) is 0.790. The van der Waals surface area contributed by atoms with Crippen molar-refractivity contribution in [3.8, 4) is 0 Å². The number of rotatable bonds is 4. The number of nitrogens with zero attached hydrogens (tertiary/aromatic N) is 1. The minimum atomic E-state index is -3.29. The first-order valence-corrected chi connectivity index (χ1v) is 5.66. The molecule has 0 aliphatic carbocycles. The zero-order valence-corrected chi connectivity index (χ0v) is 9.18. The van der Waals surface area contributed by atoms with Gasteiger partial charge in [0.25, 0.3) is 0 Å². The van der Waals surface area contributed by atoms with Gasteiger partial charge in [-0.3, -0.25) is 4.79 Å². The third kappa shape index (κ3) is 4.23. The molecule has 0 rings (SSSR count). The summed E-state index contributed by atoms with van der Waals surface area (Å²) < 4.78 is 24.4. The lowest BCUT2D eigenvalue weighted by atomic mass is 10.3. The highest BCUT2D eigenvalue weighted by atomic mass is 32.2. The molecule has 0 heterocycles. The average molecular weight is 208 g/mol. The molecule has 13 heavy (non-hydrogen) atoms. The molecule has 78 valence electrons. The molecule has 5 nitrogen and oxygen atoms in total. The van der Waals surface area contributed by atoms with Crippen molar-refractivity contribution in [1.29, 1.82) is 0 Å². The molecule has 0 aromatic rings. The molecule has 6 heteroatoms. The van der Waals surface area contributed by atoms with Crippen LogP contribution in [0.1, 0.15) is 13.8 Å². The molecule has 0 bridgehead atoms. The molecule has 0 saturated heterocycles. The van der Waals surface area contributed by atoms with Gasteiger partial charge in [-0.25, -0.2) is 13.1 Å². The molecule has 0 spiro atoms. The van der Waals surface area contributed by atoms with Gasteiger partial charge in [-0.1, -0.05) is 0 Å². The Morgan fingerprint density at radius 3 is 2.23 bits per heavy atom. The van der Waals surface area contributed by atoms with Crippen molar-refractivity contribution in [3.63, 3.8) is 0 Å². The number of carbonyl (C=O) groups is 1. The van der Waals surface area contributed by atoms with E-state index in [9.17, 15) is 13.2 Å². The van der Waals surface area contributed by atoms with Gasteiger partial charge in [-0.15, -0.1) is 0 Å². The van der Waals surface area contributed by atoms with Crippen molar-refractivity contribution in [2.75, 3.05) is 19.8 Å². The third-order valence-electron chi connectivity index (χ3n) is 1.55. The monoisotopic (exact) mass is 208 g/mol. The quantitative estimate of drug-likeness (QED) is 0.671. The molecule has 1 amide bonds. The molecule has 0 saturated carbocycles. The van der Waals surface area contributed by atoms with Gasteiger partial charge >= 0.3 is 0 Å². The molecule has 1 atom stereocenters. The summed E-state index contributed by atoms with van der Waals surface area (Å²) in [4.78, 5) is 12.6. The van der Waals surface area contributed by atoms with Crippen LogP contribution < -0.4 is 4.72 Å². The lowest BCUT2D eigenvalue weighted by molar-refractivity contribution is -0.130. The standard InChI is InChI=1S/C7H16N2O3S/c1-5-13(11,12)8-6(2)7(10)9(3)4/h6,8H,5H2,1-4H3. The van der Waals surface area contributed by atoms with Gasteiger partial charge in [-0.05, 0) is 13.8 Å². The Hall–Kier alpha value is -0.620. The number of likely N-dealkylation sites (N-methyl/N-ethyl adjacent to an activating group) is 1. The molecule has 0 radical (unpaired) electrons. The Kier molecular flexibility index (Phi) is 4.35. The topological polar surface area (TPSA) is 66.5 Å². The Morgan fingerprint density at radius 2 is 1.92 bits per heavy atom. The van der Waals surface area contributed by atoms with Crippen LogP contribution in [0.2, 0.25) is 0 Å². The van der Waals surface area contributed by atoms with E-state index in [0.717, 1.165) is 0 Å². The van der Waals surface area contributed by atoms with Crippen molar-refractivity contribution >= 4 is 15.9 Å². The maximum atomic E-state index is 11.2. The van der Waals surface area contributed by atoms with Crippen LogP contribution in [-0.2, 0) is 14.8 Å². The van der Waals surface area contributed by atoms with E-state index in [4.69, 9.17) is 0 Å². The lowest BCUT2D eigenvalue weighted by Crippen LogP contribution is -2.44. The highest BCUT2D eigenvalue weighted by Gasteiger charge is 2.19. The zero-order valence-electron chi connectivity index (χ0n) is 8.36. The fraction of sp³-hybridized carbons (Fsp3) is 0.857. The minimum Gasteiger partial charge on any atom is -0.347 e. The zero-order chi connectivity index (χ0) is 10.6. The number of amides is 1. The summed E-state index contributed by atoms with van der Waals surface area (Å²) in [6.45, 7) is 3.05. The molecule has 0 fully saturated rings. The third-order valence-corrected chi connectivity index (χ3v) is 3.02. The van der Waals surface area contributed by atoms with E-state index in [1.807, 2.05) is 0 Å². The molecule has 0 aromatic carbocycles. The second kappa shape index (κ2) is 4.57. The van der Waals surface area contributed by atoms with E-state index in [1.54, 1.807) is 14.1 Å². The maximum Gasteiger partial charge on any atom is 0.239 e. The number of carbonyl (C=O) groups excluding carboxylic acids is 1. The number of sulfonamides is 1. The van der Waals surface area contributed by atoms with Crippen LogP contribution in [0.4, 0.5) is 0 Å². The highest BCUT2D eigenvalue weighted by Crippen LogP contribution is 1.92. The second-order valence-electron chi connectivity index (χ2n) is 2.98. The molecular formula is C7H16N2O3S. The van der Waals surface area contributed by atoms with Crippen LogP contribution in [0.3, 0.4) is 0 Å². The largest absolute Gasteiger partial charge is 0.347 e. The van der Waals surface area contributed by atoms with Gasteiger partial charge in [0, 0.05) is 14.1 Å². The number of hydrogen-bond acceptors (Lipinski definition) is 3. The van der Waals surface area contributed by atoms with E-state index in [1.165, 1.54) is 18.7 Å². The van der Waals surface area contributed by atoms with E-state index >= 15 is 0 Å². The Bertz CT molecular complexity index is 271. The average Bonchev–Trinajstić information content (AvgIpc) is 2.02. The van der Waals surface area contributed by atoms with E-state index in [2.05, 4.69) is 4.72 Å². The second-order valence-corrected chi connectivity index (χ2v) is 5.02. The van der Waals surface area contributed by atoms with Crippen LogP contribution in [0, 0.1) is 0 Å². The van der Waals surface area contributed by atoms with Crippen LogP contribution in [-0.4, -0.2) is 45.1 Å². The first-order valence-electron chi connectivity index (χ1n) is 4.01. The normalized spacial score (nSPS) is 13.8. The van der Waals surface area contributed by atoms with Gasteiger partial charge in [0.05, 0.1) is 11.8 Å². The predicted molar refractivity (Wildman–Crippen MR) is 50.8 cm³/mol. The van der Waals surface area contributed by atoms with Crippen LogP contribution >= 0.6 is 0 Å². The Balaban J connectivity index is 4.32. The SMILES string of the molecule is CCS(=O)(=O)NC(C)C(=O)N(C)C. The fourth-order valence-corrected chi connectivity index (χ4v) is 1.60. The molecule has 0 aromatic heterocycles. The molecule has 0 aliphatic heterocycles. The Morgan fingerprint density at radius 1 is 1.46 bits per heavy atom. The number of hydrogen-bond donors (Lipinski definition) is 1. The summed E-state index contributed by atoms with van der Waals surface area (Å²) in [5, 5.41) is 0. The highest BCUT2D eigenvalue weighted by molar-refractivity contribution is 7.89. The van der Waals surface area contributed by atoms with Crippen molar-refractivity contribution in [2.24, 2.45) is 0 Å². The Labute approximate surface area is 79.2 Å². The van der Waals surface area contributed by atoms with Gasteiger partial charge in [0.15, 0.2) is 0 Å². The van der Waals surface area contributed by atoms with E-state index < -0.39 is 16.1 Å². The molecule has 1 N–H and O–H groups in total. The predicted octanol–water partition coefficient (Wildman–Crippen LogP) is -0.598. The van der Waals surface area contributed by atoms with Crippen molar-refractivity contribution < 1.29 is 13.2 Å². The summed E-state index contributed by atoms with van der Waals surface area (Å²) >= 11 is 0. The van der Waals surface area contributed by atoms with Gasteiger partial charge in [0.1, 0.15) is 0 Å². The molecule has 1 unspecified atom stereocenters. The minimum absolute atomic E-state index is 0.0158. The van der Waals surface area contributed by atoms with Crippen molar-refractivity contribution in [1.82, 2.24) is 9.62 Å². The molecular weight excluding hydrogens is 192 g/mol. The van der Waals surface area contributed by atoms with Crippen molar-refractivity contribution in [2.45, 2.75) is 19.9 Å². The van der Waals surface area contributed by atoms with Crippen LogP contribution in [0.5, 0.6) is 0 Å². The summed E-state index contributed by atoms with van der Waals surface area (Å²) in [5.74, 6) is -0.269. The summed E-state index contributed by atoms with van der Waals surface area (Å²) in [6.07, 6.45) is 0. The molecule has 0 aliphatic rings. The smallest absolute Gasteiger partial charge is 0.239 e.